The van der Waals surface area contributed by atoms with Gasteiger partial charge in [0.15, 0.2) is 0 Å². The molecule has 0 spiro atoms. The van der Waals surface area contributed by atoms with Gasteiger partial charge in [0, 0.05) is 25.8 Å². The molecule has 3 rings (SSSR count). The molecule has 0 aromatic heterocycles. The summed E-state index contributed by atoms with van der Waals surface area (Å²) < 4.78 is 10.6. The molecule has 1 saturated heterocycles. The number of ketones is 1. The predicted octanol–water partition coefficient (Wildman–Crippen LogP) is 4.29. The van der Waals surface area contributed by atoms with Crippen LogP contribution in [-0.2, 0) is 14.3 Å². The van der Waals surface area contributed by atoms with Crippen molar-refractivity contribution in [3.8, 4) is 11.5 Å². The van der Waals surface area contributed by atoms with Gasteiger partial charge in [0.25, 0.3) is 11.7 Å². The van der Waals surface area contributed by atoms with Crippen LogP contribution in [0.25, 0.3) is 5.76 Å². The number of aryl methyl sites for hydroxylation is 1. The average Bonchev–Trinajstić information content (AvgIpc) is 3.03. The molecule has 176 valence electrons. The highest BCUT2D eigenvalue weighted by molar-refractivity contribution is 6.46. The predicted molar refractivity (Wildman–Crippen MR) is 125 cm³/mol. The fourth-order valence-corrected chi connectivity index (χ4v) is 4.26. The monoisotopic (exact) mass is 453 g/mol. The number of aliphatic hydroxyl groups is 1. The molecule has 0 saturated carbocycles. The lowest BCUT2D eigenvalue weighted by atomic mass is 9.91. The Kier molecular flexibility index (Phi) is 7.43. The SMILES string of the molecule is COCCCN1C(=O)C(=O)/C(=C(/O)c2cc(C(C)C)c(OC)cc2C)C1c1cccc(O)c1. The van der Waals surface area contributed by atoms with E-state index in [9.17, 15) is 19.8 Å². The topological polar surface area (TPSA) is 96.3 Å². The maximum absolute atomic E-state index is 13.2. The number of benzene rings is 2. The van der Waals surface area contributed by atoms with Gasteiger partial charge in [0.1, 0.15) is 17.3 Å². The number of Topliss-reactive ketones (excluding diaryl/α,β-unsaturated/α-hetero) is 1. The maximum atomic E-state index is 13.2. The van der Waals surface area contributed by atoms with Gasteiger partial charge in [0.05, 0.1) is 18.7 Å². The third-order valence-electron chi connectivity index (χ3n) is 5.93. The number of methoxy groups -OCH3 is 2. The first-order valence-corrected chi connectivity index (χ1v) is 11.0. The van der Waals surface area contributed by atoms with Gasteiger partial charge in [-0.05, 0) is 60.2 Å². The average molecular weight is 454 g/mol. The van der Waals surface area contributed by atoms with Crippen molar-refractivity contribution >= 4 is 17.4 Å². The van der Waals surface area contributed by atoms with Gasteiger partial charge in [-0.15, -0.1) is 0 Å². The summed E-state index contributed by atoms with van der Waals surface area (Å²) >= 11 is 0. The highest BCUT2D eigenvalue weighted by Gasteiger charge is 2.46. The Morgan fingerprint density at radius 2 is 1.88 bits per heavy atom. The molecule has 1 atom stereocenters. The molecule has 7 nitrogen and oxygen atoms in total. The van der Waals surface area contributed by atoms with Crippen LogP contribution < -0.4 is 4.74 Å². The van der Waals surface area contributed by atoms with Crippen molar-refractivity contribution in [3.63, 3.8) is 0 Å². The van der Waals surface area contributed by atoms with Crippen molar-refractivity contribution in [1.29, 1.82) is 0 Å². The Morgan fingerprint density at radius 1 is 1.15 bits per heavy atom. The Hall–Kier alpha value is -3.32. The van der Waals surface area contributed by atoms with Crippen LogP contribution in [0.2, 0.25) is 0 Å². The van der Waals surface area contributed by atoms with Gasteiger partial charge < -0.3 is 24.6 Å². The van der Waals surface area contributed by atoms with Crippen LogP contribution in [0.1, 0.15) is 54.5 Å². The van der Waals surface area contributed by atoms with Gasteiger partial charge >= 0.3 is 0 Å². The van der Waals surface area contributed by atoms with E-state index in [2.05, 4.69) is 0 Å². The van der Waals surface area contributed by atoms with E-state index in [1.807, 2.05) is 32.9 Å². The third-order valence-corrected chi connectivity index (χ3v) is 5.93. The van der Waals surface area contributed by atoms with Crippen molar-refractivity contribution in [2.24, 2.45) is 0 Å². The molecule has 33 heavy (non-hydrogen) atoms. The number of ether oxygens (including phenoxy) is 2. The van der Waals surface area contributed by atoms with Gasteiger partial charge in [-0.2, -0.15) is 0 Å². The quantitative estimate of drug-likeness (QED) is 0.268. The second kappa shape index (κ2) is 10.1. The molecule has 1 fully saturated rings. The molecule has 1 aliphatic heterocycles. The summed E-state index contributed by atoms with van der Waals surface area (Å²) in [7, 11) is 3.16. The second-order valence-corrected chi connectivity index (χ2v) is 8.50. The fourth-order valence-electron chi connectivity index (χ4n) is 4.26. The van der Waals surface area contributed by atoms with Crippen molar-refractivity contribution < 1.29 is 29.3 Å². The smallest absolute Gasteiger partial charge is 0.295 e. The molecule has 0 aliphatic carbocycles. The Balaban J connectivity index is 2.22. The summed E-state index contributed by atoms with van der Waals surface area (Å²) in [5.41, 5.74) is 2.62. The molecule has 2 aromatic carbocycles. The number of aromatic hydroxyl groups is 1. The molecule has 2 N–H and O–H groups in total. The van der Waals surface area contributed by atoms with Gasteiger partial charge in [-0.3, -0.25) is 9.59 Å². The first-order chi connectivity index (χ1) is 15.7. The molecule has 0 bridgehead atoms. The number of likely N-dealkylation sites (tertiary alicyclic amines) is 1. The summed E-state index contributed by atoms with van der Waals surface area (Å²) in [6.07, 6.45) is 0.526. The van der Waals surface area contributed by atoms with Crippen LogP contribution in [0.5, 0.6) is 11.5 Å². The van der Waals surface area contributed by atoms with Gasteiger partial charge in [0.2, 0.25) is 0 Å². The first kappa shape index (κ1) is 24.3. The maximum Gasteiger partial charge on any atom is 0.295 e. The lowest BCUT2D eigenvalue weighted by molar-refractivity contribution is -0.140. The summed E-state index contributed by atoms with van der Waals surface area (Å²) in [5.74, 6) is -0.847. The minimum atomic E-state index is -0.821. The van der Waals surface area contributed by atoms with E-state index < -0.39 is 17.7 Å². The number of carbonyl (C=O) groups is 2. The first-order valence-electron chi connectivity index (χ1n) is 11.0. The number of phenolic OH excluding ortho intramolecular Hbond substituents is 1. The van der Waals surface area contributed by atoms with Crippen molar-refractivity contribution in [2.45, 2.75) is 39.2 Å². The molecule has 0 radical (unpaired) electrons. The van der Waals surface area contributed by atoms with Crippen molar-refractivity contribution in [2.75, 3.05) is 27.4 Å². The van der Waals surface area contributed by atoms with Crippen LogP contribution in [-0.4, -0.2) is 54.2 Å². The number of nitrogens with zero attached hydrogens (tertiary/aromatic N) is 1. The van der Waals surface area contributed by atoms with Crippen molar-refractivity contribution in [1.82, 2.24) is 4.90 Å². The highest BCUT2D eigenvalue weighted by atomic mass is 16.5. The van der Waals surface area contributed by atoms with Crippen LogP contribution >= 0.6 is 0 Å². The minimum Gasteiger partial charge on any atom is -0.508 e. The van der Waals surface area contributed by atoms with E-state index in [0.29, 0.717) is 35.5 Å². The molecule has 1 amide bonds. The molecule has 7 heteroatoms. The zero-order valence-electron chi connectivity index (χ0n) is 19.7. The lowest BCUT2D eigenvalue weighted by Gasteiger charge is -2.25. The Morgan fingerprint density at radius 3 is 2.48 bits per heavy atom. The highest BCUT2D eigenvalue weighted by Crippen LogP contribution is 2.42. The van der Waals surface area contributed by atoms with E-state index in [4.69, 9.17) is 9.47 Å². The summed E-state index contributed by atoms with van der Waals surface area (Å²) in [5, 5.41) is 21.4. The molecule has 2 aromatic rings. The number of hydrogen-bond donors (Lipinski definition) is 2. The number of amides is 1. The van der Waals surface area contributed by atoms with E-state index in [-0.39, 0.29) is 29.5 Å². The second-order valence-electron chi connectivity index (χ2n) is 8.50. The third kappa shape index (κ3) is 4.73. The Bertz CT molecular complexity index is 1090. The Labute approximate surface area is 194 Å². The zero-order valence-corrected chi connectivity index (χ0v) is 19.7. The molecule has 1 unspecified atom stereocenters. The summed E-state index contributed by atoms with van der Waals surface area (Å²) in [6.45, 7) is 6.54. The number of aliphatic hydroxyl groups excluding tert-OH is 1. The van der Waals surface area contributed by atoms with E-state index in [0.717, 1.165) is 5.56 Å². The lowest BCUT2D eigenvalue weighted by Crippen LogP contribution is -2.31. The van der Waals surface area contributed by atoms with Crippen molar-refractivity contribution in [3.05, 3.63) is 64.2 Å². The van der Waals surface area contributed by atoms with Crippen LogP contribution in [0.3, 0.4) is 0 Å². The zero-order chi connectivity index (χ0) is 24.3. The van der Waals surface area contributed by atoms with Gasteiger partial charge in [-0.25, -0.2) is 0 Å². The molecule has 1 aliphatic rings. The van der Waals surface area contributed by atoms with E-state index in [1.165, 1.54) is 17.0 Å². The van der Waals surface area contributed by atoms with E-state index in [1.54, 1.807) is 26.4 Å². The van der Waals surface area contributed by atoms with Gasteiger partial charge in [-0.1, -0.05) is 26.0 Å². The molecular formula is C26H31NO6. The number of hydrogen-bond acceptors (Lipinski definition) is 6. The largest absolute Gasteiger partial charge is 0.508 e. The van der Waals surface area contributed by atoms with Crippen LogP contribution in [0, 0.1) is 6.92 Å². The minimum absolute atomic E-state index is 0.00555. The molecule has 1 heterocycles. The summed E-state index contributed by atoms with van der Waals surface area (Å²) in [4.78, 5) is 27.6. The normalized spacial score (nSPS) is 17.8. The fraction of sp³-hybridized carbons (Fsp3) is 0.385. The summed E-state index contributed by atoms with van der Waals surface area (Å²) in [6, 6.07) is 9.21. The number of phenols is 1. The number of carbonyl (C=O) groups excluding carboxylic acids is 2. The van der Waals surface area contributed by atoms with Crippen LogP contribution in [0.4, 0.5) is 0 Å². The standard InChI is InChI=1S/C26H31NO6/c1-15(2)19-14-20(16(3)12-21(19)33-5)24(29)22-23(17-8-6-9-18(28)13-17)27(10-7-11-32-4)26(31)25(22)30/h6,8-9,12-15,23,28-29H,7,10-11H2,1-5H3/b24-22+. The van der Waals surface area contributed by atoms with Crippen LogP contribution in [0.15, 0.2) is 42.0 Å². The van der Waals surface area contributed by atoms with E-state index >= 15 is 0 Å². The number of rotatable bonds is 8. The molecular weight excluding hydrogens is 422 g/mol.